The summed E-state index contributed by atoms with van der Waals surface area (Å²) in [6, 6.07) is 5.92. The number of rotatable bonds is 7. The number of benzene rings is 1. The molecule has 3 aromatic rings. The van der Waals surface area contributed by atoms with Crippen LogP contribution < -0.4 is 16.2 Å². The van der Waals surface area contributed by atoms with Crippen molar-refractivity contribution in [2.75, 3.05) is 19.4 Å². The lowest BCUT2D eigenvalue weighted by Gasteiger charge is -2.25. The summed E-state index contributed by atoms with van der Waals surface area (Å²) in [6.07, 6.45) is 3.13. The summed E-state index contributed by atoms with van der Waals surface area (Å²) < 4.78 is 7.64. The van der Waals surface area contributed by atoms with Crippen LogP contribution in [-0.4, -0.2) is 28.2 Å². The van der Waals surface area contributed by atoms with Crippen molar-refractivity contribution < 1.29 is 4.74 Å². The van der Waals surface area contributed by atoms with Crippen molar-refractivity contribution in [3.05, 3.63) is 24.0 Å². The number of hydrogen-bond donors (Lipinski definition) is 2. The summed E-state index contributed by atoms with van der Waals surface area (Å²) in [4.78, 5) is 9.43. The largest absolute Gasteiger partial charge is 0.497 e. The normalized spacial score (nSPS) is 12.2. The van der Waals surface area contributed by atoms with Crippen LogP contribution in [-0.2, 0) is 13.0 Å². The van der Waals surface area contributed by atoms with Gasteiger partial charge in [0, 0.05) is 24.4 Å². The van der Waals surface area contributed by atoms with Crippen molar-refractivity contribution in [2.24, 2.45) is 11.1 Å². The van der Waals surface area contributed by atoms with Gasteiger partial charge in [0.15, 0.2) is 5.82 Å². The Morgan fingerprint density at radius 1 is 1.23 bits per heavy atom. The van der Waals surface area contributed by atoms with Gasteiger partial charge >= 0.3 is 0 Å². The lowest BCUT2D eigenvalue weighted by molar-refractivity contribution is 0.317. The van der Waals surface area contributed by atoms with E-state index in [0.29, 0.717) is 12.4 Å². The number of fused-ring (bicyclic) bond motifs is 3. The molecule has 0 saturated carbocycles. The molecule has 0 amide bonds. The van der Waals surface area contributed by atoms with Crippen LogP contribution in [0.3, 0.4) is 0 Å². The molecule has 0 radical (unpaired) electrons. The molecule has 1 aromatic carbocycles. The number of nitrogens with zero attached hydrogens (tertiary/aromatic N) is 3. The van der Waals surface area contributed by atoms with E-state index in [1.807, 2.05) is 18.2 Å². The quantitative estimate of drug-likeness (QED) is 0.677. The Kier molecular flexibility index (Phi) is 5.05. The lowest BCUT2D eigenvalue weighted by Crippen LogP contribution is -2.29. The third kappa shape index (κ3) is 3.33. The zero-order valence-electron chi connectivity index (χ0n) is 16.2. The van der Waals surface area contributed by atoms with Crippen molar-refractivity contribution >= 4 is 27.8 Å². The van der Waals surface area contributed by atoms with Gasteiger partial charge < -0.3 is 20.8 Å². The minimum Gasteiger partial charge on any atom is -0.497 e. The highest BCUT2D eigenvalue weighted by atomic mass is 16.5. The highest BCUT2D eigenvalue weighted by Gasteiger charge is 2.23. The molecule has 0 atom stereocenters. The summed E-state index contributed by atoms with van der Waals surface area (Å²) in [6.45, 7) is 7.95. The Bertz CT molecular complexity index is 929. The fraction of sp³-hybridized carbons (Fsp3) is 0.500. The average Bonchev–Trinajstić information content (AvgIpc) is 2.98. The molecule has 3 rings (SSSR count). The first kappa shape index (κ1) is 18.5. The molecule has 0 bridgehead atoms. The van der Waals surface area contributed by atoms with E-state index in [1.54, 1.807) is 7.11 Å². The Labute approximate surface area is 154 Å². The number of anilines is 1. The predicted octanol–water partition coefficient (Wildman–Crippen LogP) is 3.50. The second kappa shape index (κ2) is 7.11. The topological polar surface area (TPSA) is 92.0 Å². The van der Waals surface area contributed by atoms with E-state index < -0.39 is 0 Å². The predicted molar refractivity (Wildman–Crippen MR) is 107 cm³/mol. The lowest BCUT2D eigenvalue weighted by atomic mass is 9.93. The molecule has 2 heterocycles. The Morgan fingerprint density at radius 2 is 2.00 bits per heavy atom. The molecule has 26 heavy (non-hydrogen) atoms. The minimum atomic E-state index is -0.0363. The van der Waals surface area contributed by atoms with E-state index in [-0.39, 0.29) is 5.41 Å². The highest BCUT2D eigenvalue weighted by molar-refractivity contribution is 6.06. The minimum absolute atomic E-state index is 0.0363. The molecule has 6 nitrogen and oxygen atoms in total. The molecule has 6 heteroatoms. The first-order valence-electron chi connectivity index (χ1n) is 9.22. The van der Waals surface area contributed by atoms with Crippen LogP contribution in [0.1, 0.15) is 39.4 Å². The van der Waals surface area contributed by atoms with Crippen LogP contribution in [0.2, 0.25) is 0 Å². The number of aryl methyl sites for hydroxylation is 1. The van der Waals surface area contributed by atoms with Crippen molar-refractivity contribution in [1.82, 2.24) is 14.5 Å². The van der Waals surface area contributed by atoms with Crippen LogP contribution >= 0.6 is 0 Å². The van der Waals surface area contributed by atoms with Crippen molar-refractivity contribution in [3.8, 4) is 5.75 Å². The van der Waals surface area contributed by atoms with Crippen molar-refractivity contribution in [1.29, 1.82) is 0 Å². The highest BCUT2D eigenvalue weighted by Crippen LogP contribution is 2.33. The van der Waals surface area contributed by atoms with Crippen LogP contribution in [0.5, 0.6) is 5.75 Å². The van der Waals surface area contributed by atoms with Gasteiger partial charge in [-0.3, -0.25) is 0 Å². The van der Waals surface area contributed by atoms with Gasteiger partial charge in [0.05, 0.1) is 18.1 Å². The maximum atomic E-state index is 6.27. The van der Waals surface area contributed by atoms with E-state index in [2.05, 4.69) is 30.3 Å². The van der Waals surface area contributed by atoms with Gasteiger partial charge in [-0.05, 0) is 30.5 Å². The number of ether oxygens (including phenoxy) is 1. The molecule has 0 saturated heterocycles. The number of unbranched alkanes of at least 4 members (excludes halogenated alkanes) is 1. The zero-order valence-corrected chi connectivity index (χ0v) is 16.2. The maximum absolute atomic E-state index is 6.27. The van der Waals surface area contributed by atoms with Gasteiger partial charge in [-0.2, -0.15) is 0 Å². The van der Waals surface area contributed by atoms with Gasteiger partial charge in [-0.25, -0.2) is 9.97 Å². The molecule has 2 aromatic heterocycles. The molecule has 140 valence electrons. The third-order valence-electron chi connectivity index (χ3n) is 4.88. The summed E-state index contributed by atoms with van der Waals surface area (Å²) in [5.74, 6) is 2.28. The van der Waals surface area contributed by atoms with Gasteiger partial charge in [-0.15, -0.1) is 0 Å². The van der Waals surface area contributed by atoms with Gasteiger partial charge in [0.25, 0.3) is 0 Å². The molecule has 0 aliphatic carbocycles. The third-order valence-corrected chi connectivity index (χ3v) is 4.88. The van der Waals surface area contributed by atoms with E-state index in [9.17, 15) is 0 Å². The van der Waals surface area contributed by atoms with E-state index in [1.165, 1.54) is 0 Å². The van der Waals surface area contributed by atoms with E-state index in [0.717, 1.165) is 59.3 Å². The van der Waals surface area contributed by atoms with Crippen molar-refractivity contribution in [3.63, 3.8) is 0 Å². The first-order valence-corrected chi connectivity index (χ1v) is 9.22. The second-order valence-corrected chi connectivity index (χ2v) is 7.66. The fourth-order valence-electron chi connectivity index (χ4n) is 3.25. The molecule has 0 aliphatic rings. The van der Waals surface area contributed by atoms with Gasteiger partial charge in [0.1, 0.15) is 17.1 Å². The number of hydrogen-bond acceptors (Lipinski definition) is 5. The maximum Gasteiger partial charge on any atom is 0.152 e. The molecule has 4 N–H and O–H groups in total. The summed E-state index contributed by atoms with van der Waals surface area (Å²) in [5.41, 5.74) is 14.9. The average molecular weight is 355 g/mol. The number of pyridine rings is 1. The summed E-state index contributed by atoms with van der Waals surface area (Å²) in [7, 11) is 1.65. The number of methoxy groups -OCH3 is 1. The zero-order chi connectivity index (χ0) is 18.9. The molecular weight excluding hydrogens is 326 g/mol. The van der Waals surface area contributed by atoms with Gasteiger partial charge in [-0.1, -0.05) is 27.2 Å². The standard InChI is InChI=1S/C20H29N5O/c1-5-6-7-16-24-17-18(25(16)12-20(2,3)11-21)14-9-8-13(26-4)10-15(14)23-19(17)22/h8-10H,5-7,11-12,21H2,1-4H3,(H2,22,23). The molecule has 0 spiro atoms. The number of nitrogen functional groups attached to an aromatic ring is 1. The Balaban J connectivity index is 2.30. The Hall–Kier alpha value is -2.34. The number of aromatic nitrogens is 3. The molecule has 0 unspecified atom stereocenters. The summed E-state index contributed by atoms with van der Waals surface area (Å²) in [5, 5.41) is 1.04. The van der Waals surface area contributed by atoms with Crippen LogP contribution in [0.4, 0.5) is 5.82 Å². The van der Waals surface area contributed by atoms with Crippen molar-refractivity contribution in [2.45, 2.75) is 46.6 Å². The van der Waals surface area contributed by atoms with Gasteiger partial charge in [0.2, 0.25) is 0 Å². The Morgan fingerprint density at radius 3 is 2.65 bits per heavy atom. The number of nitrogens with two attached hydrogens (primary N) is 2. The monoisotopic (exact) mass is 355 g/mol. The second-order valence-electron chi connectivity index (χ2n) is 7.66. The molecule has 0 aliphatic heterocycles. The smallest absolute Gasteiger partial charge is 0.152 e. The van der Waals surface area contributed by atoms with E-state index in [4.69, 9.17) is 21.2 Å². The van der Waals surface area contributed by atoms with Crippen LogP contribution in [0, 0.1) is 5.41 Å². The van der Waals surface area contributed by atoms with Crippen LogP contribution in [0.25, 0.3) is 21.9 Å². The van der Waals surface area contributed by atoms with Crippen LogP contribution in [0.15, 0.2) is 18.2 Å². The fourth-order valence-corrected chi connectivity index (χ4v) is 3.25. The molecular formula is C20H29N5O. The van der Waals surface area contributed by atoms with E-state index >= 15 is 0 Å². The summed E-state index contributed by atoms with van der Waals surface area (Å²) >= 11 is 0. The SMILES string of the molecule is CCCCc1nc2c(N)nc3cc(OC)ccc3c2n1CC(C)(C)CN. The number of imidazole rings is 1. The first-order chi connectivity index (χ1) is 12.4. The molecule has 0 fully saturated rings.